The summed E-state index contributed by atoms with van der Waals surface area (Å²) in [4.78, 5) is 3.27. The van der Waals surface area contributed by atoms with E-state index < -0.39 is 0 Å². The Labute approximate surface area is 112 Å². The molecular weight excluding hydrogens is 226 g/mol. The average molecular weight is 251 g/mol. The van der Waals surface area contributed by atoms with E-state index >= 15 is 0 Å². The number of thiocarbonyl (C=S) groups is 1. The van der Waals surface area contributed by atoms with Gasteiger partial charge in [-0.1, -0.05) is 51.7 Å². The summed E-state index contributed by atoms with van der Waals surface area (Å²) in [5.74, 6) is 0.428. The first-order valence-electron chi connectivity index (χ1n) is 6.21. The molecule has 1 aliphatic heterocycles. The molecule has 1 saturated heterocycles. The van der Waals surface area contributed by atoms with Crippen LogP contribution in [0.1, 0.15) is 48.0 Å². The minimum absolute atomic E-state index is 0.00986. The van der Waals surface area contributed by atoms with E-state index in [1.807, 2.05) is 0 Å². The highest BCUT2D eigenvalue weighted by Gasteiger charge is 2.47. The number of allylic oxidation sites excluding steroid dienone is 1. The topological polar surface area (TPSA) is 3.24 Å². The zero-order valence-corrected chi connectivity index (χ0v) is 12.9. The number of likely N-dealkylation sites (tertiary alicyclic amines) is 1. The second-order valence-electron chi connectivity index (χ2n) is 6.31. The molecule has 0 spiro atoms. The Bertz CT molecular complexity index is 376. The van der Waals surface area contributed by atoms with Crippen LogP contribution in [0.4, 0.5) is 0 Å². The van der Waals surface area contributed by atoms with Crippen molar-refractivity contribution in [2.24, 2.45) is 11.3 Å². The first kappa shape index (κ1) is 14.4. The van der Waals surface area contributed by atoms with E-state index in [-0.39, 0.29) is 11.0 Å². The SMILES string of the molecule is C=C1CC(C)C(=S)N1C(C)(C)C(C)(C)C(=C)C. The summed E-state index contributed by atoms with van der Waals surface area (Å²) in [5.41, 5.74) is 2.22. The van der Waals surface area contributed by atoms with Crippen molar-refractivity contribution in [3.05, 3.63) is 24.4 Å². The molecule has 1 aliphatic rings. The maximum absolute atomic E-state index is 5.58. The van der Waals surface area contributed by atoms with Crippen LogP contribution in [0, 0.1) is 11.3 Å². The summed E-state index contributed by atoms with van der Waals surface area (Å²) >= 11 is 5.58. The highest BCUT2D eigenvalue weighted by molar-refractivity contribution is 7.80. The van der Waals surface area contributed by atoms with Crippen LogP contribution in [0.3, 0.4) is 0 Å². The highest BCUT2D eigenvalue weighted by atomic mass is 32.1. The maximum atomic E-state index is 5.58. The van der Waals surface area contributed by atoms with Crippen LogP contribution >= 0.6 is 12.2 Å². The second kappa shape index (κ2) is 4.24. The normalized spacial score (nSPS) is 22.2. The van der Waals surface area contributed by atoms with Gasteiger partial charge in [0.2, 0.25) is 0 Å². The molecule has 0 N–H and O–H groups in total. The van der Waals surface area contributed by atoms with Crippen LogP contribution in [0.15, 0.2) is 24.4 Å². The summed E-state index contributed by atoms with van der Waals surface area (Å²) in [6, 6.07) is 0. The molecular formula is C15H25NS. The lowest BCUT2D eigenvalue weighted by Crippen LogP contribution is -2.54. The van der Waals surface area contributed by atoms with E-state index in [4.69, 9.17) is 12.2 Å². The van der Waals surface area contributed by atoms with E-state index in [9.17, 15) is 0 Å². The van der Waals surface area contributed by atoms with Gasteiger partial charge < -0.3 is 4.90 Å². The van der Waals surface area contributed by atoms with Crippen LogP contribution in [-0.2, 0) is 0 Å². The molecule has 1 nitrogen and oxygen atoms in total. The lowest BCUT2D eigenvalue weighted by molar-refractivity contribution is 0.125. The molecule has 0 aliphatic carbocycles. The average Bonchev–Trinajstić information content (AvgIpc) is 2.40. The van der Waals surface area contributed by atoms with E-state index in [0.29, 0.717) is 5.92 Å². The molecule has 0 saturated carbocycles. The fraction of sp³-hybridized carbons (Fsp3) is 0.667. The van der Waals surface area contributed by atoms with Gasteiger partial charge >= 0.3 is 0 Å². The summed E-state index contributed by atoms with van der Waals surface area (Å²) in [5, 5.41) is 0. The largest absolute Gasteiger partial charge is 0.334 e. The van der Waals surface area contributed by atoms with Crippen molar-refractivity contribution in [1.82, 2.24) is 4.90 Å². The van der Waals surface area contributed by atoms with E-state index in [0.717, 1.165) is 17.1 Å². The summed E-state index contributed by atoms with van der Waals surface area (Å²) < 4.78 is 0. The molecule has 0 aromatic rings. The fourth-order valence-corrected chi connectivity index (χ4v) is 2.82. The Kier molecular flexibility index (Phi) is 3.60. The van der Waals surface area contributed by atoms with Crippen LogP contribution in [0.5, 0.6) is 0 Å². The lowest BCUT2D eigenvalue weighted by atomic mass is 9.69. The Hall–Kier alpha value is -0.630. The van der Waals surface area contributed by atoms with Crippen molar-refractivity contribution < 1.29 is 0 Å². The Morgan fingerprint density at radius 3 is 2.12 bits per heavy atom. The van der Waals surface area contributed by atoms with E-state index in [1.54, 1.807) is 0 Å². The van der Waals surface area contributed by atoms with Gasteiger partial charge in [0.05, 0.1) is 4.99 Å². The van der Waals surface area contributed by atoms with Crippen molar-refractivity contribution in [2.45, 2.75) is 53.5 Å². The van der Waals surface area contributed by atoms with Crippen LogP contribution < -0.4 is 0 Å². The minimum Gasteiger partial charge on any atom is -0.334 e. The lowest BCUT2D eigenvalue weighted by Gasteiger charge is -2.50. The van der Waals surface area contributed by atoms with Crippen molar-refractivity contribution in [3.8, 4) is 0 Å². The molecule has 0 aromatic heterocycles. The van der Waals surface area contributed by atoms with Gasteiger partial charge in [0, 0.05) is 22.6 Å². The summed E-state index contributed by atoms with van der Waals surface area (Å²) in [7, 11) is 0. The Morgan fingerprint density at radius 1 is 1.35 bits per heavy atom. The molecule has 1 fully saturated rings. The van der Waals surface area contributed by atoms with Crippen molar-refractivity contribution in [1.29, 1.82) is 0 Å². The van der Waals surface area contributed by atoms with Gasteiger partial charge in [-0.25, -0.2) is 0 Å². The quantitative estimate of drug-likeness (QED) is 0.535. The third kappa shape index (κ3) is 2.08. The maximum Gasteiger partial charge on any atom is 0.0858 e. The molecule has 1 atom stereocenters. The van der Waals surface area contributed by atoms with Gasteiger partial charge in [-0.2, -0.15) is 0 Å². The fourth-order valence-electron chi connectivity index (χ4n) is 2.38. The van der Waals surface area contributed by atoms with Crippen molar-refractivity contribution in [2.75, 3.05) is 0 Å². The predicted octanol–water partition coefficient (Wildman–Crippen LogP) is 4.55. The molecule has 0 bridgehead atoms. The molecule has 1 heterocycles. The standard InChI is InChI=1S/C15H25NS/c1-10(2)14(5,6)15(7,8)16-12(4)9-11(3)13(16)17/h11H,1,4,9H2,2-3,5-8H3. The minimum atomic E-state index is -0.0856. The Morgan fingerprint density at radius 2 is 1.82 bits per heavy atom. The first-order valence-corrected chi connectivity index (χ1v) is 6.62. The van der Waals surface area contributed by atoms with Crippen molar-refractivity contribution >= 4 is 17.2 Å². The number of rotatable bonds is 3. The molecule has 2 heteroatoms. The van der Waals surface area contributed by atoms with Gasteiger partial charge in [-0.15, -0.1) is 0 Å². The smallest absolute Gasteiger partial charge is 0.0858 e. The summed E-state index contributed by atoms with van der Waals surface area (Å²) in [6.07, 6.45) is 0.981. The van der Waals surface area contributed by atoms with Crippen LogP contribution in [-0.4, -0.2) is 15.4 Å². The van der Waals surface area contributed by atoms with Gasteiger partial charge in [-0.05, 0) is 27.2 Å². The summed E-state index contributed by atoms with van der Waals surface area (Å²) in [6.45, 7) is 21.5. The molecule has 0 amide bonds. The Balaban J connectivity index is 3.19. The van der Waals surface area contributed by atoms with Gasteiger partial charge in [-0.3, -0.25) is 0 Å². The molecule has 1 rings (SSSR count). The number of hydrogen-bond acceptors (Lipinski definition) is 1. The zero-order valence-electron chi connectivity index (χ0n) is 12.1. The molecule has 1 unspecified atom stereocenters. The zero-order chi connectivity index (χ0) is 13.6. The number of hydrogen-bond donors (Lipinski definition) is 0. The monoisotopic (exact) mass is 251 g/mol. The molecule has 17 heavy (non-hydrogen) atoms. The predicted molar refractivity (Wildman–Crippen MR) is 80.0 cm³/mol. The van der Waals surface area contributed by atoms with Gasteiger partial charge in [0.1, 0.15) is 0 Å². The molecule has 0 radical (unpaired) electrons. The van der Waals surface area contributed by atoms with Crippen LogP contribution in [0.2, 0.25) is 0 Å². The van der Waals surface area contributed by atoms with E-state index in [2.05, 4.69) is 59.6 Å². The third-order valence-corrected chi connectivity index (χ3v) is 5.24. The third-order valence-electron chi connectivity index (χ3n) is 4.66. The second-order valence-corrected chi connectivity index (χ2v) is 6.73. The molecule has 0 aromatic carbocycles. The van der Waals surface area contributed by atoms with Gasteiger partial charge in [0.15, 0.2) is 0 Å². The highest BCUT2D eigenvalue weighted by Crippen LogP contribution is 2.46. The van der Waals surface area contributed by atoms with Crippen molar-refractivity contribution in [3.63, 3.8) is 0 Å². The van der Waals surface area contributed by atoms with Crippen LogP contribution in [0.25, 0.3) is 0 Å². The van der Waals surface area contributed by atoms with E-state index in [1.165, 1.54) is 5.57 Å². The molecule has 96 valence electrons. The number of nitrogens with zero attached hydrogens (tertiary/aromatic N) is 1. The first-order chi connectivity index (χ1) is 7.53. The van der Waals surface area contributed by atoms with Gasteiger partial charge in [0.25, 0.3) is 0 Å².